The van der Waals surface area contributed by atoms with Crippen molar-refractivity contribution >= 4 is 0 Å². The fourth-order valence-corrected chi connectivity index (χ4v) is 3.28. The first-order chi connectivity index (χ1) is 13.1. The summed E-state index contributed by atoms with van der Waals surface area (Å²) >= 11 is 0. The Morgan fingerprint density at radius 2 is 1.50 bits per heavy atom. The second-order valence-electron chi connectivity index (χ2n) is 9.22. The molecule has 0 aliphatic heterocycles. The van der Waals surface area contributed by atoms with Gasteiger partial charge in [0, 0.05) is 12.5 Å². The summed E-state index contributed by atoms with van der Waals surface area (Å²) in [4.78, 5) is 0. The van der Waals surface area contributed by atoms with Crippen LogP contribution in [0, 0.1) is 5.41 Å². The molecule has 28 heavy (non-hydrogen) atoms. The van der Waals surface area contributed by atoms with Crippen molar-refractivity contribution in [2.45, 2.75) is 59.8 Å². The molecule has 0 saturated carbocycles. The molecule has 0 fully saturated rings. The molecule has 0 bridgehead atoms. The highest BCUT2D eigenvalue weighted by atomic mass is 16.5. The van der Waals surface area contributed by atoms with Crippen molar-refractivity contribution in [3.63, 3.8) is 0 Å². The van der Waals surface area contributed by atoms with Crippen LogP contribution in [-0.2, 0) is 14.9 Å². The van der Waals surface area contributed by atoms with Crippen LogP contribution in [0.2, 0.25) is 0 Å². The summed E-state index contributed by atoms with van der Waals surface area (Å²) in [6.45, 7) is 14.2. The molecule has 0 spiro atoms. The highest BCUT2D eigenvalue weighted by molar-refractivity contribution is 5.44. The predicted molar refractivity (Wildman–Crippen MR) is 114 cm³/mol. The van der Waals surface area contributed by atoms with E-state index in [1.807, 2.05) is 12.1 Å². The van der Waals surface area contributed by atoms with E-state index in [9.17, 15) is 0 Å². The Morgan fingerprint density at radius 1 is 0.821 bits per heavy atom. The maximum Gasteiger partial charge on any atom is 0.156 e. The van der Waals surface area contributed by atoms with Gasteiger partial charge in [-0.15, -0.1) is 0 Å². The molecule has 2 rings (SSSR count). The van der Waals surface area contributed by atoms with E-state index in [4.69, 9.17) is 18.9 Å². The van der Waals surface area contributed by atoms with Crippen molar-refractivity contribution in [1.82, 2.24) is 0 Å². The van der Waals surface area contributed by atoms with Crippen molar-refractivity contribution in [3.05, 3.63) is 46.9 Å². The Hall–Kier alpha value is -2.10. The number of allylic oxidation sites excluding steroid dienone is 3. The summed E-state index contributed by atoms with van der Waals surface area (Å²) in [7, 11) is 3.36. The number of ether oxygens (including phenoxy) is 4. The van der Waals surface area contributed by atoms with Crippen LogP contribution in [0.15, 0.2) is 41.4 Å². The molecule has 4 nitrogen and oxygen atoms in total. The maximum atomic E-state index is 6.06. The Bertz CT molecular complexity index is 730. The molecule has 0 heterocycles. The Kier molecular flexibility index (Phi) is 7.08. The third kappa shape index (κ3) is 5.70. The summed E-state index contributed by atoms with van der Waals surface area (Å²) in [6.07, 6.45) is 3.98. The van der Waals surface area contributed by atoms with Gasteiger partial charge < -0.3 is 18.9 Å². The van der Waals surface area contributed by atoms with Gasteiger partial charge in [-0.25, -0.2) is 0 Å². The molecule has 1 aromatic rings. The van der Waals surface area contributed by atoms with E-state index in [-0.39, 0.29) is 10.8 Å². The van der Waals surface area contributed by atoms with E-state index in [1.165, 1.54) is 5.57 Å². The first-order valence-corrected chi connectivity index (χ1v) is 9.98. The Morgan fingerprint density at radius 3 is 2.07 bits per heavy atom. The first kappa shape index (κ1) is 22.2. The van der Waals surface area contributed by atoms with E-state index in [2.05, 4.69) is 53.7 Å². The minimum atomic E-state index is -0.00820. The molecular weight excluding hydrogens is 352 g/mol. The lowest BCUT2D eigenvalue weighted by Gasteiger charge is -2.28. The van der Waals surface area contributed by atoms with E-state index >= 15 is 0 Å². The molecule has 1 aliphatic carbocycles. The molecule has 0 saturated heterocycles. The van der Waals surface area contributed by atoms with Gasteiger partial charge in [0.1, 0.15) is 30.5 Å². The topological polar surface area (TPSA) is 36.9 Å². The molecule has 156 valence electrons. The summed E-state index contributed by atoms with van der Waals surface area (Å²) in [5.74, 6) is 3.36. The van der Waals surface area contributed by atoms with Gasteiger partial charge in [-0.1, -0.05) is 53.2 Å². The van der Waals surface area contributed by atoms with Crippen LogP contribution >= 0.6 is 0 Å². The molecule has 0 aromatic heterocycles. The number of hydrogen-bond donors (Lipinski definition) is 0. The lowest BCUT2D eigenvalue weighted by Crippen LogP contribution is -2.17. The molecule has 0 unspecified atom stereocenters. The van der Waals surface area contributed by atoms with Crippen LogP contribution in [0.4, 0.5) is 0 Å². The van der Waals surface area contributed by atoms with Gasteiger partial charge in [-0.05, 0) is 35.0 Å². The SMILES string of the molecule is COC1=C(OCCOc2cc(OC)ccc2C(C)(C)C)CCC(C(C)(C)C)=C1. The number of rotatable bonds is 7. The molecule has 1 aromatic carbocycles. The lowest BCUT2D eigenvalue weighted by atomic mass is 9.81. The van der Waals surface area contributed by atoms with Crippen molar-refractivity contribution in [1.29, 1.82) is 0 Å². The van der Waals surface area contributed by atoms with Gasteiger partial charge >= 0.3 is 0 Å². The van der Waals surface area contributed by atoms with E-state index in [1.54, 1.807) is 14.2 Å². The van der Waals surface area contributed by atoms with Crippen LogP contribution in [-0.4, -0.2) is 27.4 Å². The van der Waals surface area contributed by atoms with Gasteiger partial charge in [0.2, 0.25) is 0 Å². The third-order valence-electron chi connectivity index (χ3n) is 5.00. The van der Waals surface area contributed by atoms with Gasteiger partial charge in [-0.3, -0.25) is 0 Å². The standard InChI is InChI=1S/C24H36O4/c1-23(2,3)17-9-12-20(22(15-17)26-8)27-13-14-28-21-16-18(25-7)10-11-19(21)24(4,5)6/h10-11,15-16H,9,12-14H2,1-8H3. The number of hydrogen-bond acceptors (Lipinski definition) is 4. The van der Waals surface area contributed by atoms with Crippen molar-refractivity contribution in [2.24, 2.45) is 5.41 Å². The molecule has 1 aliphatic rings. The van der Waals surface area contributed by atoms with Gasteiger partial charge in [0.25, 0.3) is 0 Å². The smallest absolute Gasteiger partial charge is 0.156 e. The summed E-state index contributed by atoms with van der Waals surface area (Å²) < 4.78 is 23.0. The van der Waals surface area contributed by atoms with Crippen molar-refractivity contribution in [2.75, 3.05) is 27.4 Å². The van der Waals surface area contributed by atoms with E-state index < -0.39 is 0 Å². The number of methoxy groups -OCH3 is 2. The zero-order valence-electron chi connectivity index (χ0n) is 18.8. The summed E-state index contributed by atoms with van der Waals surface area (Å²) in [5, 5.41) is 0. The second kappa shape index (κ2) is 8.93. The summed E-state index contributed by atoms with van der Waals surface area (Å²) in [5.41, 5.74) is 2.68. The molecule has 4 heteroatoms. The minimum Gasteiger partial charge on any atom is -0.497 e. The first-order valence-electron chi connectivity index (χ1n) is 9.98. The monoisotopic (exact) mass is 388 g/mol. The molecule has 0 N–H and O–H groups in total. The highest BCUT2D eigenvalue weighted by Crippen LogP contribution is 2.36. The van der Waals surface area contributed by atoms with Crippen LogP contribution in [0.1, 0.15) is 59.9 Å². The average molecular weight is 389 g/mol. The van der Waals surface area contributed by atoms with Crippen LogP contribution in [0.25, 0.3) is 0 Å². The lowest BCUT2D eigenvalue weighted by molar-refractivity contribution is 0.131. The van der Waals surface area contributed by atoms with Gasteiger partial charge in [-0.2, -0.15) is 0 Å². The van der Waals surface area contributed by atoms with E-state index in [0.29, 0.717) is 13.2 Å². The van der Waals surface area contributed by atoms with Crippen molar-refractivity contribution in [3.8, 4) is 11.5 Å². The number of benzene rings is 1. The molecule has 0 radical (unpaired) electrons. The average Bonchev–Trinajstić information content (AvgIpc) is 2.63. The fourth-order valence-electron chi connectivity index (χ4n) is 3.28. The normalized spacial score (nSPS) is 15.2. The van der Waals surface area contributed by atoms with Gasteiger partial charge in [0.05, 0.1) is 14.2 Å². The Balaban J connectivity index is 2.03. The van der Waals surface area contributed by atoms with E-state index in [0.717, 1.165) is 41.4 Å². The zero-order chi connectivity index (χ0) is 20.9. The van der Waals surface area contributed by atoms with Crippen LogP contribution in [0.3, 0.4) is 0 Å². The minimum absolute atomic E-state index is 0.00820. The van der Waals surface area contributed by atoms with Crippen LogP contribution in [0.5, 0.6) is 11.5 Å². The predicted octanol–water partition coefficient (Wildman–Crippen LogP) is 6.01. The summed E-state index contributed by atoms with van der Waals surface area (Å²) in [6, 6.07) is 5.99. The third-order valence-corrected chi connectivity index (χ3v) is 5.00. The second-order valence-corrected chi connectivity index (χ2v) is 9.22. The van der Waals surface area contributed by atoms with Crippen LogP contribution < -0.4 is 9.47 Å². The highest BCUT2D eigenvalue weighted by Gasteiger charge is 2.24. The zero-order valence-corrected chi connectivity index (χ0v) is 18.8. The van der Waals surface area contributed by atoms with Gasteiger partial charge in [0.15, 0.2) is 5.76 Å². The molecule has 0 amide bonds. The quantitative estimate of drug-likeness (QED) is 0.536. The largest absolute Gasteiger partial charge is 0.497 e. The van der Waals surface area contributed by atoms with Crippen molar-refractivity contribution < 1.29 is 18.9 Å². The molecular formula is C24H36O4. The Labute approximate surface area is 170 Å². The fraction of sp³-hybridized carbons (Fsp3) is 0.583. The maximum absolute atomic E-state index is 6.06. The molecule has 0 atom stereocenters.